The fourth-order valence-corrected chi connectivity index (χ4v) is 3.95. The van der Waals surface area contributed by atoms with Crippen LogP contribution in [0.3, 0.4) is 0 Å². The number of ether oxygens (including phenoxy) is 1. The van der Waals surface area contributed by atoms with Crippen LogP contribution >= 0.6 is 15.9 Å². The van der Waals surface area contributed by atoms with E-state index < -0.39 is 0 Å². The summed E-state index contributed by atoms with van der Waals surface area (Å²) in [5, 5.41) is 2.93. The number of carbonyl (C=O) groups excluding carboxylic acids is 2. The highest BCUT2D eigenvalue weighted by atomic mass is 79.9. The molecule has 160 valence electrons. The molecule has 0 atom stereocenters. The summed E-state index contributed by atoms with van der Waals surface area (Å²) in [5.74, 6) is 0.792. The van der Waals surface area contributed by atoms with E-state index in [-0.39, 0.29) is 11.8 Å². The molecule has 1 saturated heterocycles. The van der Waals surface area contributed by atoms with E-state index in [9.17, 15) is 9.59 Å². The first-order valence-electron chi connectivity index (χ1n) is 10.4. The summed E-state index contributed by atoms with van der Waals surface area (Å²) in [6.07, 6.45) is 1.51. The van der Waals surface area contributed by atoms with Gasteiger partial charge in [0.15, 0.2) is 0 Å². The second-order valence-electron chi connectivity index (χ2n) is 7.20. The molecule has 2 amide bonds. The maximum Gasteiger partial charge on any atom is 0.255 e. The van der Waals surface area contributed by atoms with Gasteiger partial charge >= 0.3 is 0 Å². The molecule has 0 spiro atoms. The van der Waals surface area contributed by atoms with E-state index in [4.69, 9.17) is 4.74 Å². The van der Waals surface area contributed by atoms with Crippen LogP contribution in [0.1, 0.15) is 37.0 Å². The Labute approximate surface area is 186 Å². The Morgan fingerprint density at radius 2 is 1.73 bits per heavy atom. The Balaban J connectivity index is 1.56. The number of amides is 2. The van der Waals surface area contributed by atoms with Gasteiger partial charge in [-0.2, -0.15) is 0 Å². The largest absolute Gasteiger partial charge is 0.493 e. The molecule has 0 unspecified atom stereocenters. The Bertz CT molecular complexity index is 878. The van der Waals surface area contributed by atoms with E-state index in [1.54, 1.807) is 18.2 Å². The van der Waals surface area contributed by atoms with Crippen LogP contribution in [-0.4, -0.2) is 49.5 Å². The van der Waals surface area contributed by atoms with Crippen LogP contribution in [0.4, 0.5) is 11.4 Å². The summed E-state index contributed by atoms with van der Waals surface area (Å²) in [6.45, 7) is 7.67. The summed E-state index contributed by atoms with van der Waals surface area (Å²) in [5.41, 5.74) is 2.40. The molecule has 3 rings (SSSR count). The normalized spacial score (nSPS) is 13.8. The molecule has 1 aliphatic heterocycles. The van der Waals surface area contributed by atoms with Crippen molar-refractivity contribution in [2.75, 3.05) is 43.0 Å². The smallest absolute Gasteiger partial charge is 0.255 e. The fourth-order valence-electron chi connectivity index (χ4n) is 3.46. The van der Waals surface area contributed by atoms with Crippen LogP contribution in [0.15, 0.2) is 46.9 Å². The highest BCUT2D eigenvalue weighted by Gasteiger charge is 2.20. The van der Waals surface area contributed by atoms with E-state index in [0.29, 0.717) is 18.6 Å². The van der Waals surface area contributed by atoms with E-state index in [1.165, 1.54) is 0 Å². The van der Waals surface area contributed by atoms with Gasteiger partial charge in [0.05, 0.1) is 11.1 Å². The van der Waals surface area contributed by atoms with Gasteiger partial charge in [0, 0.05) is 49.5 Å². The van der Waals surface area contributed by atoms with Gasteiger partial charge in [-0.3, -0.25) is 9.59 Å². The summed E-state index contributed by atoms with van der Waals surface area (Å²) < 4.78 is 6.24. The molecule has 1 heterocycles. The second kappa shape index (κ2) is 10.5. The molecular weight excluding hydrogens is 446 g/mol. The predicted octanol–water partition coefficient (Wildman–Crippen LogP) is 4.55. The van der Waals surface area contributed by atoms with Gasteiger partial charge in [-0.25, -0.2) is 0 Å². The number of rotatable bonds is 7. The highest BCUT2D eigenvalue weighted by Crippen LogP contribution is 2.27. The van der Waals surface area contributed by atoms with Crippen LogP contribution in [-0.2, 0) is 4.79 Å². The van der Waals surface area contributed by atoms with Crippen molar-refractivity contribution >= 4 is 39.1 Å². The van der Waals surface area contributed by atoms with Gasteiger partial charge in [0.25, 0.3) is 5.91 Å². The number of nitrogens with zero attached hydrogens (tertiary/aromatic N) is 2. The van der Waals surface area contributed by atoms with Crippen LogP contribution in [0.2, 0.25) is 0 Å². The first-order valence-corrected chi connectivity index (χ1v) is 11.2. The summed E-state index contributed by atoms with van der Waals surface area (Å²) in [7, 11) is 0. The number of benzene rings is 2. The van der Waals surface area contributed by atoms with Crippen molar-refractivity contribution in [3.05, 3.63) is 52.5 Å². The zero-order chi connectivity index (χ0) is 21.5. The van der Waals surface area contributed by atoms with Crippen molar-refractivity contribution in [2.24, 2.45) is 0 Å². The lowest BCUT2D eigenvalue weighted by atomic mass is 10.2. The zero-order valence-electron chi connectivity index (χ0n) is 17.5. The van der Waals surface area contributed by atoms with Crippen molar-refractivity contribution in [3.63, 3.8) is 0 Å². The number of anilines is 2. The lowest BCUT2D eigenvalue weighted by Gasteiger charge is -2.36. The number of piperazine rings is 1. The van der Waals surface area contributed by atoms with Crippen LogP contribution in [0.25, 0.3) is 0 Å². The molecule has 0 radical (unpaired) electrons. The Morgan fingerprint density at radius 1 is 1.03 bits per heavy atom. The molecule has 0 saturated carbocycles. The molecule has 6 nitrogen and oxygen atoms in total. The monoisotopic (exact) mass is 473 g/mol. The quantitative estimate of drug-likeness (QED) is 0.640. The Hall–Kier alpha value is -2.54. The maximum atomic E-state index is 12.6. The summed E-state index contributed by atoms with van der Waals surface area (Å²) in [4.78, 5) is 28.8. The average Bonchev–Trinajstić information content (AvgIpc) is 2.76. The lowest BCUT2D eigenvalue weighted by molar-refractivity contribution is -0.131. The third-order valence-corrected chi connectivity index (χ3v) is 5.70. The fraction of sp³-hybridized carbons (Fsp3) is 0.391. The predicted molar refractivity (Wildman–Crippen MR) is 123 cm³/mol. The van der Waals surface area contributed by atoms with Crippen molar-refractivity contribution in [1.82, 2.24) is 4.90 Å². The molecule has 2 aromatic carbocycles. The number of carbonyl (C=O) groups is 2. The lowest BCUT2D eigenvalue weighted by Crippen LogP contribution is -2.48. The van der Waals surface area contributed by atoms with E-state index in [0.717, 1.165) is 54.2 Å². The topological polar surface area (TPSA) is 61.9 Å². The molecule has 0 aliphatic carbocycles. The van der Waals surface area contributed by atoms with E-state index in [1.807, 2.05) is 43.0 Å². The van der Waals surface area contributed by atoms with Gasteiger partial charge in [-0.05, 0) is 71.7 Å². The van der Waals surface area contributed by atoms with Gasteiger partial charge in [0.1, 0.15) is 5.75 Å². The second-order valence-corrected chi connectivity index (χ2v) is 8.05. The van der Waals surface area contributed by atoms with Crippen molar-refractivity contribution in [2.45, 2.75) is 26.7 Å². The molecule has 7 heteroatoms. The first-order chi connectivity index (χ1) is 14.5. The van der Waals surface area contributed by atoms with Crippen LogP contribution in [0, 0.1) is 0 Å². The molecule has 30 heavy (non-hydrogen) atoms. The van der Waals surface area contributed by atoms with E-state index >= 15 is 0 Å². The summed E-state index contributed by atoms with van der Waals surface area (Å²) >= 11 is 3.44. The minimum atomic E-state index is -0.172. The third-order valence-electron chi connectivity index (χ3n) is 5.08. The number of hydrogen-bond donors (Lipinski definition) is 1. The number of halogens is 1. The molecule has 0 aromatic heterocycles. The maximum absolute atomic E-state index is 12.6. The molecule has 1 N–H and O–H groups in total. The van der Waals surface area contributed by atoms with Crippen LogP contribution < -0.4 is 15.0 Å². The Kier molecular flexibility index (Phi) is 7.74. The number of hydrogen-bond acceptors (Lipinski definition) is 4. The van der Waals surface area contributed by atoms with Gasteiger partial charge in [-0.1, -0.05) is 6.92 Å². The molecule has 2 aromatic rings. The Morgan fingerprint density at radius 3 is 2.33 bits per heavy atom. The van der Waals surface area contributed by atoms with Gasteiger partial charge in [0.2, 0.25) is 5.91 Å². The third kappa shape index (κ3) is 5.53. The minimum absolute atomic E-state index is 0.172. The molecule has 1 aliphatic rings. The molecule has 0 bridgehead atoms. The SMILES string of the molecule is CCCC(=O)N1CCN(c2ccc(NC(=O)c3ccc(OCC)c(Br)c3)cc2)CC1. The molecular formula is C23H28BrN3O3. The van der Waals surface area contributed by atoms with Crippen LogP contribution in [0.5, 0.6) is 5.75 Å². The standard InChI is InChI=1S/C23H28BrN3O3/c1-3-5-22(28)27-14-12-26(13-15-27)19-9-7-18(8-10-19)25-23(29)17-6-11-21(30-4-2)20(24)16-17/h6-11,16H,3-5,12-15H2,1-2H3,(H,25,29). The van der Waals surface area contributed by atoms with Crippen molar-refractivity contribution in [3.8, 4) is 5.75 Å². The van der Waals surface area contributed by atoms with Crippen molar-refractivity contribution < 1.29 is 14.3 Å². The minimum Gasteiger partial charge on any atom is -0.493 e. The van der Waals surface area contributed by atoms with Gasteiger partial charge in [-0.15, -0.1) is 0 Å². The highest BCUT2D eigenvalue weighted by molar-refractivity contribution is 9.10. The average molecular weight is 474 g/mol. The zero-order valence-corrected chi connectivity index (χ0v) is 19.1. The first kappa shape index (κ1) is 22.2. The van der Waals surface area contributed by atoms with Gasteiger partial charge < -0.3 is 19.9 Å². The van der Waals surface area contributed by atoms with E-state index in [2.05, 4.69) is 26.1 Å². The molecule has 1 fully saturated rings. The number of nitrogens with one attached hydrogen (secondary N) is 1. The summed E-state index contributed by atoms with van der Waals surface area (Å²) in [6, 6.07) is 13.1. The van der Waals surface area contributed by atoms with Crippen molar-refractivity contribution in [1.29, 1.82) is 0 Å².